The van der Waals surface area contributed by atoms with Crippen molar-refractivity contribution >= 4 is 53.0 Å². The van der Waals surface area contributed by atoms with Crippen molar-refractivity contribution in [3.8, 4) is 11.5 Å². The predicted octanol–water partition coefficient (Wildman–Crippen LogP) is 4.86. The number of carbonyl (C=O) groups is 1. The first kappa shape index (κ1) is 26.6. The summed E-state index contributed by atoms with van der Waals surface area (Å²) in [6.07, 6.45) is 1.66. The summed E-state index contributed by atoms with van der Waals surface area (Å²) in [7, 11) is 5.77. The third-order valence-corrected chi connectivity index (χ3v) is 5.04. The van der Waals surface area contributed by atoms with Crippen LogP contribution in [0.4, 0.5) is 10.9 Å². The Morgan fingerprint density at radius 1 is 1.13 bits per heavy atom. The number of hydrogen-bond acceptors (Lipinski definition) is 7. The van der Waals surface area contributed by atoms with E-state index in [1.165, 1.54) is 11.3 Å². The van der Waals surface area contributed by atoms with Crippen molar-refractivity contribution in [2.24, 2.45) is 0 Å². The van der Waals surface area contributed by atoms with Crippen LogP contribution in [0.25, 0.3) is 0 Å². The van der Waals surface area contributed by atoms with Gasteiger partial charge in [0.1, 0.15) is 17.3 Å². The lowest BCUT2D eigenvalue weighted by atomic mass is 10.1. The van der Waals surface area contributed by atoms with Crippen molar-refractivity contribution in [1.82, 2.24) is 19.8 Å². The van der Waals surface area contributed by atoms with Gasteiger partial charge < -0.3 is 19.9 Å². The maximum atomic E-state index is 12.9. The maximum Gasteiger partial charge on any atom is 0.257 e. The molecule has 0 atom stereocenters. The highest BCUT2D eigenvalue weighted by Gasteiger charge is 2.17. The number of pyridine rings is 1. The van der Waals surface area contributed by atoms with Crippen molar-refractivity contribution in [3.05, 3.63) is 59.2 Å². The molecule has 0 radical (unpaired) electrons. The molecular weight excluding hydrogens is 457 g/mol. The zero-order valence-corrected chi connectivity index (χ0v) is 20.3. The quantitative estimate of drug-likeness (QED) is 0.493. The first-order chi connectivity index (χ1) is 13.9. The summed E-state index contributed by atoms with van der Waals surface area (Å²) in [6.45, 7) is 3.37. The van der Waals surface area contributed by atoms with Gasteiger partial charge in [0.15, 0.2) is 5.13 Å². The molecule has 1 aromatic carbocycles. The predicted molar refractivity (Wildman–Crippen MR) is 131 cm³/mol. The molecule has 2 aromatic heterocycles. The number of hydrogen-bond donors (Lipinski definition) is 1. The zero-order chi connectivity index (χ0) is 20.8. The highest BCUT2D eigenvalue weighted by molar-refractivity contribution is 7.13. The van der Waals surface area contributed by atoms with E-state index in [1.807, 2.05) is 43.4 Å². The molecule has 0 aliphatic heterocycles. The molecule has 0 aliphatic carbocycles. The van der Waals surface area contributed by atoms with E-state index >= 15 is 0 Å². The van der Waals surface area contributed by atoms with Crippen molar-refractivity contribution < 1.29 is 9.53 Å². The van der Waals surface area contributed by atoms with Crippen LogP contribution in [0.5, 0.6) is 11.5 Å². The first-order valence-electron chi connectivity index (χ1n) is 9.24. The minimum atomic E-state index is -0.0758. The van der Waals surface area contributed by atoms with Gasteiger partial charge in [0.05, 0.1) is 11.3 Å². The molecule has 3 aromatic rings. The van der Waals surface area contributed by atoms with Crippen LogP contribution >= 0.6 is 36.2 Å². The van der Waals surface area contributed by atoms with Gasteiger partial charge in [0, 0.05) is 37.8 Å². The lowest BCUT2D eigenvalue weighted by Gasteiger charge is -2.21. The number of carbonyl (C=O) groups excluding carboxylic acids is 1. The molecule has 0 aliphatic rings. The first-order valence-corrected chi connectivity index (χ1v) is 10.1. The van der Waals surface area contributed by atoms with Gasteiger partial charge in [-0.25, -0.2) is 9.97 Å². The number of benzene rings is 1. The Kier molecular flexibility index (Phi) is 10.7. The van der Waals surface area contributed by atoms with E-state index in [-0.39, 0.29) is 30.7 Å². The molecule has 0 spiro atoms. The van der Waals surface area contributed by atoms with Crippen LogP contribution in [0.15, 0.2) is 48.0 Å². The molecule has 0 bridgehead atoms. The average Bonchev–Trinajstić information content (AvgIpc) is 3.11. The van der Waals surface area contributed by atoms with E-state index in [2.05, 4.69) is 15.3 Å². The second-order valence-electron chi connectivity index (χ2n) is 6.92. The molecule has 2 heterocycles. The molecule has 7 nitrogen and oxygen atoms in total. The summed E-state index contributed by atoms with van der Waals surface area (Å²) in [5, 5.41) is 5.91. The van der Waals surface area contributed by atoms with E-state index in [4.69, 9.17) is 4.74 Å². The molecule has 0 saturated heterocycles. The Hall–Kier alpha value is -2.39. The van der Waals surface area contributed by atoms with Gasteiger partial charge in [-0.2, -0.15) is 0 Å². The van der Waals surface area contributed by atoms with Gasteiger partial charge in [-0.3, -0.25) is 4.79 Å². The van der Waals surface area contributed by atoms with Crippen LogP contribution in [0.2, 0.25) is 0 Å². The third-order valence-electron chi connectivity index (χ3n) is 4.16. The standard InChI is InChI=1S/C21H25N5O2S.2ClH/c1-15-14-29-21(23-15)24-19-13-16(9-10-22-19)28-18-8-6-5-7-17(18)20(27)26(4)12-11-25(2)3;;/h5-10,13-14H,11-12H2,1-4H3,(H,22,23,24);2*1H. The molecule has 168 valence electrons. The smallest absolute Gasteiger partial charge is 0.257 e. The minimum absolute atomic E-state index is 0. The maximum absolute atomic E-state index is 12.9. The number of ether oxygens (including phenoxy) is 1. The lowest BCUT2D eigenvalue weighted by molar-refractivity contribution is 0.0783. The largest absolute Gasteiger partial charge is 0.456 e. The van der Waals surface area contributed by atoms with Gasteiger partial charge in [-0.15, -0.1) is 36.2 Å². The van der Waals surface area contributed by atoms with Crippen molar-refractivity contribution in [2.75, 3.05) is 39.5 Å². The molecule has 31 heavy (non-hydrogen) atoms. The normalized spacial score (nSPS) is 10.1. The fraction of sp³-hybridized carbons (Fsp3) is 0.286. The second kappa shape index (κ2) is 12.5. The monoisotopic (exact) mass is 483 g/mol. The van der Waals surface area contributed by atoms with Gasteiger partial charge in [-0.1, -0.05) is 12.1 Å². The second-order valence-corrected chi connectivity index (χ2v) is 7.78. The van der Waals surface area contributed by atoms with Crippen LogP contribution in [0.1, 0.15) is 16.1 Å². The number of thiazole rings is 1. The summed E-state index contributed by atoms with van der Waals surface area (Å²) in [5.41, 5.74) is 1.48. The molecule has 3 rings (SSSR count). The van der Waals surface area contributed by atoms with Gasteiger partial charge in [0.2, 0.25) is 0 Å². The molecule has 0 unspecified atom stereocenters. The van der Waals surface area contributed by atoms with Gasteiger partial charge >= 0.3 is 0 Å². The number of amides is 1. The van der Waals surface area contributed by atoms with Crippen LogP contribution in [-0.2, 0) is 0 Å². The summed E-state index contributed by atoms with van der Waals surface area (Å²) < 4.78 is 6.04. The van der Waals surface area contributed by atoms with Crippen LogP contribution in [0, 0.1) is 6.92 Å². The number of nitrogens with zero attached hydrogens (tertiary/aromatic N) is 4. The van der Waals surface area contributed by atoms with E-state index in [9.17, 15) is 4.79 Å². The van der Waals surface area contributed by atoms with Crippen molar-refractivity contribution in [3.63, 3.8) is 0 Å². The Balaban J connectivity index is 0.00000240. The van der Waals surface area contributed by atoms with Gasteiger partial charge in [-0.05, 0) is 39.2 Å². The molecule has 1 N–H and O–H groups in total. The Morgan fingerprint density at radius 3 is 2.55 bits per heavy atom. The number of nitrogens with one attached hydrogen (secondary N) is 1. The van der Waals surface area contributed by atoms with Gasteiger partial charge in [0.25, 0.3) is 5.91 Å². The number of para-hydroxylation sites is 1. The van der Waals surface area contributed by atoms with Crippen LogP contribution < -0.4 is 10.1 Å². The zero-order valence-electron chi connectivity index (χ0n) is 17.9. The summed E-state index contributed by atoms with van der Waals surface area (Å²) >= 11 is 1.51. The SMILES string of the molecule is Cc1csc(Nc2cc(Oc3ccccc3C(=O)N(C)CCN(C)C)ccn2)n1.Cl.Cl. The Labute approximate surface area is 199 Å². The molecule has 0 fully saturated rings. The molecule has 1 amide bonds. The Morgan fingerprint density at radius 2 is 1.87 bits per heavy atom. The van der Waals surface area contributed by atoms with E-state index < -0.39 is 0 Å². The highest BCUT2D eigenvalue weighted by atomic mass is 35.5. The summed E-state index contributed by atoms with van der Waals surface area (Å²) in [5.74, 6) is 1.65. The fourth-order valence-corrected chi connectivity index (χ4v) is 3.28. The molecular formula is C21H27Cl2N5O2S. The third kappa shape index (κ3) is 7.66. The minimum Gasteiger partial charge on any atom is -0.456 e. The lowest BCUT2D eigenvalue weighted by Crippen LogP contribution is -2.33. The number of aromatic nitrogens is 2. The van der Waals surface area contributed by atoms with Crippen molar-refractivity contribution in [1.29, 1.82) is 0 Å². The number of likely N-dealkylation sites (N-methyl/N-ethyl adjacent to an activating group) is 2. The summed E-state index contributed by atoms with van der Waals surface area (Å²) in [6, 6.07) is 10.8. The van der Waals surface area contributed by atoms with Crippen LogP contribution in [0.3, 0.4) is 0 Å². The molecule has 0 saturated carbocycles. The number of halogens is 2. The molecule has 10 heteroatoms. The van der Waals surface area contributed by atoms with Crippen LogP contribution in [-0.4, -0.2) is 59.9 Å². The topological polar surface area (TPSA) is 70.6 Å². The Bertz CT molecular complexity index is 984. The number of rotatable bonds is 8. The summed E-state index contributed by atoms with van der Waals surface area (Å²) in [4.78, 5) is 25.3. The fourth-order valence-electron chi connectivity index (χ4n) is 2.58. The van der Waals surface area contributed by atoms with E-state index in [0.717, 1.165) is 17.4 Å². The average molecular weight is 484 g/mol. The number of aryl methyl sites for hydroxylation is 1. The van der Waals surface area contributed by atoms with E-state index in [0.29, 0.717) is 29.4 Å². The van der Waals surface area contributed by atoms with E-state index in [1.54, 1.807) is 42.4 Å². The highest BCUT2D eigenvalue weighted by Crippen LogP contribution is 2.28. The number of anilines is 2. The van der Waals surface area contributed by atoms with Crippen molar-refractivity contribution in [2.45, 2.75) is 6.92 Å².